The van der Waals surface area contributed by atoms with Gasteiger partial charge < -0.3 is 9.47 Å². The van der Waals surface area contributed by atoms with E-state index in [1.807, 2.05) is 31.2 Å². The second-order valence-electron chi connectivity index (χ2n) is 5.77. The highest BCUT2D eigenvalue weighted by molar-refractivity contribution is 5.77. The van der Waals surface area contributed by atoms with Crippen LogP contribution in [0.4, 0.5) is 4.39 Å². The first-order valence-corrected chi connectivity index (χ1v) is 7.68. The van der Waals surface area contributed by atoms with Crippen LogP contribution in [0.1, 0.15) is 13.0 Å². The smallest absolute Gasteiger partial charge is 0.261 e. The molecule has 1 aromatic heterocycles. The minimum atomic E-state index is -0.416. The summed E-state index contributed by atoms with van der Waals surface area (Å²) in [7, 11) is 0. The Hall–Kier alpha value is -2.89. The van der Waals surface area contributed by atoms with Gasteiger partial charge in [-0.05, 0) is 31.2 Å². The van der Waals surface area contributed by atoms with Gasteiger partial charge in [-0.15, -0.1) is 0 Å². The second-order valence-corrected chi connectivity index (χ2v) is 5.77. The molecule has 0 fully saturated rings. The number of ether oxygens (including phenoxy) is 2. The Morgan fingerprint density at radius 3 is 2.88 bits per heavy atom. The lowest BCUT2D eigenvalue weighted by molar-refractivity contribution is 0.0559. The Morgan fingerprint density at radius 1 is 1.25 bits per heavy atom. The van der Waals surface area contributed by atoms with Gasteiger partial charge in [0.25, 0.3) is 5.56 Å². The molecule has 2 heterocycles. The zero-order valence-electron chi connectivity index (χ0n) is 13.0. The summed E-state index contributed by atoms with van der Waals surface area (Å²) < 4.78 is 26.4. The molecule has 0 N–H and O–H groups in total. The summed E-state index contributed by atoms with van der Waals surface area (Å²) in [6, 6.07) is 11.1. The van der Waals surface area contributed by atoms with E-state index in [9.17, 15) is 9.18 Å². The average molecular weight is 326 g/mol. The van der Waals surface area contributed by atoms with E-state index in [0.717, 1.165) is 0 Å². The molecule has 0 aliphatic carbocycles. The zero-order valence-corrected chi connectivity index (χ0v) is 13.0. The monoisotopic (exact) mass is 326 g/mol. The number of rotatable bonds is 2. The van der Waals surface area contributed by atoms with E-state index in [-0.39, 0.29) is 17.7 Å². The Morgan fingerprint density at radius 2 is 2.04 bits per heavy atom. The van der Waals surface area contributed by atoms with Gasteiger partial charge in [-0.25, -0.2) is 9.37 Å². The highest BCUT2D eigenvalue weighted by atomic mass is 19.1. The van der Waals surface area contributed by atoms with Crippen molar-refractivity contribution in [2.75, 3.05) is 6.61 Å². The third kappa shape index (κ3) is 2.40. The fraction of sp³-hybridized carbons (Fsp3) is 0.222. The molecule has 0 spiro atoms. The van der Waals surface area contributed by atoms with Crippen LogP contribution in [0.15, 0.2) is 53.6 Å². The van der Waals surface area contributed by atoms with Crippen molar-refractivity contribution < 1.29 is 13.9 Å². The van der Waals surface area contributed by atoms with Crippen LogP contribution >= 0.6 is 0 Å². The van der Waals surface area contributed by atoms with Crippen molar-refractivity contribution in [2.24, 2.45) is 0 Å². The highest BCUT2D eigenvalue weighted by Crippen LogP contribution is 2.33. The predicted molar refractivity (Wildman–Crippen MR) is 87.0 cm³/mol. The van der Waals surface area contributed by atoms with E-state index in [2.05, 4.69) is 4.98 Å². The number of aromatic nitrogens is 2. The fourth-order valence-electron chi connectivity index (χ4n) is 2.85. The number of hydrogen-bond donors (Lipinski definition) is 0. The van der Waals surface area contributed by atoms with E-state index in [1.165, 1.54) is 29.1 Å². The molecule has 0 saturated heterocycles. The number of hydrogen-bond acceptors (Lipinski definition) is 4. The number of para-hydroxylation sites is 2. The molecule has 24 heavy (non-hydrogen) atoms. The van der Waals surface area contributed by atoms with Crippen molar-refractivity contribution in [1.82, 2.24) is 9.55 Å². The van der Waals surface area contributed by atoms with Gasteiger partial charge >= 0.3 is 0 Å². The lowest BCUT2D eigenvalue weighted by Gasteiger charge is -2.31. The SMILES string of the molecule is C[C@H]([C@@H]1COc2ccccc2O1)n1cnc2cc(F)ccc2c1=O. The van der Waals surface area contributed by atoms with Gasteiger partial charge in [0.05, 0.1) is 23.3 Å². The molecule has 0 bridgehead atoms. The first-order valence-electron chi connectivity index (χ1n) is 7.68. The Kier molecular flexibility index (Phi) is 3.45. The number of benzene rings is 2. The topological polar surface area (TPSA) is 53.4 Å². The number of fused-ring (bicyclic) bond motifs is 2. The maximum atomic E-state index is 13.3. The third-order valence-electron chi connectivity index (χ3n) is 4.25. The lowest BCUT2D eigenvalue weighted by atomic mass is 10.1. The first kappa shape index (κ1) is 14.7. The van der Waals surface area contributed by atoms with Crippen LogP contribution in [-0.4, -0.2) is 22.3 Å². The second kappa shape index (κ2) is 5.63. The molecule has 4 rings (SSSR count). The number of nitrogens with zero attached hydrogens (tertiary/aromatic N) is 2. The summed E-state index contributed by atoms with van der Waals surface area (Å²) in [6.45, 7) is 2.21. The Labute approximate surface area is 137 Å². The molecule has 3 aromatic rings. The maximum Gasteiger partial charge on any atom is 0.261 e. The first-order chi connectivity index (χ1) is 11.6. The van der Waals surface area contributed by atoms with Crippen LogP contribution in [0.5, 0.6) is 11.5 Å². The molecule has 6 heteroatoms. The average Bonchev–Trinajstić information content (AvgIpc) is 2.61. The van der Waals surface area contributed by atoms with Gasteiger partial charge in [-0.2, -0.15) is 0 Å². The van der Waals surface area contributed by atoms with Crippen molar-refractivity contribution in [2.45, 2.75) is 19.1 Å². The van der Waals surface area contributed by atoms with E-state index < -0.39 is 5.82 Å². The van der Waals surface area contributed by atoms with E-state index in [4.69, 9.17) is 9.47 Å². The quantitative estimate of drug-likeness (QED) is 0.726. The molecule has 0 saturated carbocycles. The van der Waals surface area contributed by atoms with Gasteiger partial charge in [-0.1, -0.05) is 12.1 Å². The van der Waals surface area contributed by atoms with Gasteiger partial charge in [0.15, 0.2) is 17.6 Å². The molecule has 2 atom stereocenters. The van der Waals surface area contributed by atoms with Gasteiger partial charge in [0, 0.05) is 6.07 Å². The van der Waals surface area contributed by atoms with E-state index >= 15 is 0 Å². The molecular weight excluding hydrogens is 311 g/mol. The van der Waals surface area contributed by atoms with Crippen molar-refractivity contribution >= 4 is 10.9 Å². The highest BCUT2D eigenvalue weighted by Gasteiger charge is 2.28. The van der Waals surface area contributed by atoms with Crippen LogP contribution in [-0.2, 0) is 0 Å². The molecule has 0 amide bonds. The summed E-state index contributed by atoms with van der Waals surface area (Å²) in [6.07, 6.45) is 1.11. The Bertz CT molecular complexity index is 970. The number of halogens is 1. The van der Waals surface area contributed by atoms with Crippen molar-refractivity contribution in [1.29, 1.82) is 0 Å². The summed E-state index contributed by atoms with van der Waals surface area (Å²) in [5.74, 6) is 0.936. The molecule has 2 aromatic carbocycles. The van der Waals surface area contributed by atoms with Crippen molar-refractivity contribution in [3.63, 3.8) is 0 Å². The van der Waals surface area contributed by atoms with Gasteiger partial charge in [0.2, 0.25) is 0 Å². The van der Waals surface area contributed by atoms with Crippen LogP contribution in [0, 0.1) is 5.82 Å². The summed E-state index contributed by atoms with van der Waals surface area (Å²) in [5.41, 5.74) is 0.115. The summed E-state index contributed by atoms with van der Waals surface area (Å²) in [4.78, 5) is 16.9. The van der Waals surface area contributed by atoms with Crippen LogP contribution in [0.3, 0.4) is 0 Å². The summed E-state index contributed by atoms with van der Waals surface area (Å²) in [5, 5.41) is 0.378. The summed E-state index contributed by atoms with van der Waals surface area (Å²) >= 11 is 0. The lowest BCUT2D eigenvalue weighted by Crippen LogP contribution is -2.39. The molecule has 0 radical (unpaired) electrons. The zero-order chi connectivity index (χ0) is 16.7. The Balaban J connectivity index is 1.69. The molecule has 0 unspecified atom stereocenters. The third-order valence-corrected chi connectivity index (χ3v) is 4.25. The van der Waals surface area contributed by atoms with Crippen LogP contribution in [0.2, 0.25) is 0 Å². The minimum absolute atomic E-state index is 0.227. The van der Waals surface area contributed by atoms with E-state index in [0.29, 0.717) is 29.0 Å². The normalized spacial score (nSPS) is 17.7. The molecule has 1 aliphatic rings. The molecule has 1 aliphatic heterocycles. The van der Waals surface area contributed by atoms with Crippen molar-refractivity contribution in [3.8, 4) is 11.5 Å². The van der Waals surface area contributed by atoms with Crippen LogP contribution in [0.25, 0.3) is 10.9 Å². The van der Waals surface area contributed by atoms with Gasteiger partial charge in [-0.3, -0.25) is 9.36 Å². The fourth-order valence-corrected chi connectivity index (χ4v) is 2.85. The maximum absolute atomic E-state index is 13.3. The minimum Gasteiger partial charge on any atom is -0.486 e. The predicted octanol–water partition coefficient (Wildman–Crippen LogP) is 2.94. The molecule has 5 nitrogen and oxygen atoms in total. The molecule has 122 valence electrons. The van der Waals surface area contributed by atoms with Gasteiger partial charge in [0.1, 0.15) is 12.4 Å². The van der Waals surface area contributed by atoms with Crippen molar-refractivity contribution in [3.05, 3.63) is 65.0 Å². The largest absolute Gasteiger partial charge is 0.486 e. The van der Waals surface area contributed by atoms with Crippen LogP contribution < -0.4 is 15.0 Å². The molecular formula is C18H15FN2O3. The van der Waals surface area contributed by atoms with E-state index in [1.54, 1.807) is 0 Å². The standard InChI is InChI=1S/C18H15FN2O3/c1-11(17-9-23-15-4-2-3-5-16(15)24-17)21-10-20-14-8-12(19)6-7-13(14)18(21)22/h2-8,10-11,17H,9H2,1H3/t11-,17+/m1/s1.